The van der Waals surface area contributed by atoms with Crippen LogP contribution in [-0.4, -0.2) is 49.1 Å². The second-order valence-corrected chi connectivity index (χ2v) is 2.56. The fraction of sp³-hybridized carbons (Fsp3) is 0.833. The topological polar surface area (TPSA) is 46.6 Å². The van der Waals surface area contributed by atoms with E-state index < -0.39 is 6.09 Å². The van der Waals surface area contributed by atoms with Crippen molar-refractivity contribution in [1.82, 2.24) is 9.80 Å². The van der Waals surface area contributed by atoms with Crippen LogP contribution in [0.15, 0.2) is 0 Å². The van der Waals surface area contributed by atoms with Gasteiger partial charge >= 0.3 is 51.4 Å². The van der Waals surface area contributed by atoms with Crippen molar-refractivity contribution in [3.63, 3.8) is 0 Å². The second kappa shape index (κ2) is 5.50. The van der Waals surface area contributed by atoms with Crippen LogP contribution in [0.5, 0.6) is 0 Å². The van der Waals surface area contributed by atoms with Gasteiger partial charge in [-0.15, -0.1) is 0 Å². The van der Waals surface area contributed by atoms with E-state index in [1.165, 1.54) is 4.90 Å². The second-order valence-electron chi connectivity index (χ2n) is 2.56. The minimum atomic E-state index is -1.05. The quantitative estimate of drug-likeness (QED) is 0.355. The fourth-order valence-corrected chi connectivity index (χ4v) is 0.989. The zero-order chi connectivity index (χ0) is 7.56. The molecule has 58 valence electrons. The first-order valence-corrected chi connectivity index (χ1v) is 3.34. The van der Waals surface area contributed by atoms with E-state index in [-0.39, 0.29) is 51.4 Å². The van der Waals surface area contributed by atoms with Gasteiger partial charge in [0.05, 0.1) is 0 Å². The molecule has 0 radical (unpaired) electrons. The number of rotatable bonds is 0. The summed E-state index contributed by atoms with van der Waals surface area (Å²) in [6.45, 7) is 2.79. The van der Waals surface area contributed by atoms with Crippen LogP contribution in [0.4, 0.5) is 4.79 Å². The zero-order valence-corrected chi connectivity index (χ0v) is 10.2. The molecule has 4 nitrogen and oxygen atoms in total. The first-order chi connectivity index (χ1) is 4.70. The van der Waals surface area contributed by atoms with E-state index in [0.29, 0.717) is 13.1 Å². The molecule has 0 saturated carbocycles. The molecular formula is C6H11KN2O2. The number of carbonyl (C=O) groups is 1. The van der Waals surface area contributed by atoms with Gasteiger partial charge in [0, 0.05) is 26.2 Å². The smallest absolute Gasteiger partial charge is 0.530 e. The molecule has 0 spiro atoms. The van der Waals surface area contributed by atoms with Crippen molar-refractivity contribution in [2.75, 3.05) is 33.2 Å². The minimum absolute atomic E-state index is 0. The standard InChI is InChI=1S/C6H12N2O2.K/c1-7-2-4-8(5-3-7)6(9)10;/h2-5H2,1H3,(H,9,10);/q;+1/p-1. The summed E-state index contributed by atoms with van der Waals surface area (Å²) in [4.78, 5) is 13.7. The molecule has 0 bridgehead atoms. The molecule has 5 heteroatoms. The molecule has 1 saturated heterocycles. The van der Waals surface area contributed by atoms with Crippen molar-refractivity contribution in [1.29, 1.82) is 0 Å². The molecule has 1 aliphatic rings. The van der Waals surface area contributed by atoms with Crippen LogP contribution in [0.3, 0.4) is 0 Å². The Hall–Kier alpha value is 0.866. The summed E-state index contributed by atoms with van der Waals surface area (Å²) in [5, 5.41) is 10.3. The molecule has 0 unspecified atom stereocenters. The van der Waals surface area contributed by atoms with Crippen LogP contribution < -0.4 is 56.5 Å². The van der Waals surface area contributed by atoms with Crippen LogP contribution in [0.1, 0.15) is 0 Å². The third-order valence-electron chi connectivity index (χ3n) is 1.76. The molecule has 0 aromatic rings. The number of hydrogen-bond acceptors (Lipinski definition) is 3. The molecule has 1 aliphatic heterocycles. The van der Waals surface area contributed by atoms with Crippen LogP contribution in [0.25, 0.3) is 0 Å². The molecule has 11 heavy (non-hydrogen) atoms. The van der Waals surface area contributed by atoms with Crippen molar-refractivity contribution in [3.05, 3.63) is 0 Å². The van der Waals surface area contributed by atoms with Crippen molar-refractivity contribution in [2.45, 2.75) is 0 Å². The van der Waals surface area contributed by atoms with E-state index in [4.69, 9.17) is 0 Å². The number of nitrogens with zero attached hydrogens (tertiary/aromatic N) is 2. The Bertz CT molecular complexity index is 135. The van der Waals surface area contributed by atoms with Gasteiger partial charge in [-0.1, -0.05) is 0 Å². The summed E-state index contributed by atoms with van der Waals surface area (Å²) in [6.07, 6.45) is -1.05. The number of piperazine rings is 1. The van der Waals surface area contributed by atoms with Gasteiger partial charge in [0.1, 0.15) is 6.09 Å². The molecule has 1 fully saturated rings. The van der Waals surface area contributed by atoms with Crippen LogP contribution >= 0.6 is 0 Å². The van der Waals surface area contributed by atoms with E-state index in [1.54, 1.807) is 0 Å². The Labute approximate surface area is 109 Å². The van der Waals surface area contributed by atoms with Crippen molar-refractivity contribution < 1.29 is 61.3 Å². The third kappa shape index (κ3) is 3.87. The third-order valence-corrected chi connectivity index (χ3v) is 1.76. The summed E-state index contributed by atoms with van der Waals surface area (Å²) in [5.74, 6) is 0. The molecule has 1 rings (SSSR count). The predicted octanol–water partition coefficient (Wildman–Crippen LogP) is -4.42. The number of likely N-dealkylation sites (N-methyl/N-ethyl adjacent to an activating group) is 1. The van der Waals surface area contributed by atoms with Gasteiger partial charge in [-0.2, -0.15) is 0 Å². The summed E-state index contributed by atoms with van der Waals surface area (Å²) in [6, 6.07) is 0. The molecule has 0 aromatic carbocycles. The Morgan fingerprint density at radius 2 is 1.73 bits per heavy atom. The van der Waals surface area contributed by atoms with E-state index in [0.717, 1.165) is 13.1 Å². The van der Waals surface area contributed by atoms with Gasteiger partial charge in [0.15, 0.2) is 0 Å². The molecule has 1 amide bonds. The zero-order valence-electron chi connectivity index (χ0n) is 7.04. The maximum Gasteiger partial charge on any atom is 1.00 e. The molecule has 0 atom stereocenters. The SMILES string of the molecule is CN1CCN(C(=O)[O-])CC1.[K+]. The van der Waals surface area contributed by atoms with Gasteiger partial charge in [0.25, 0.3) is 0 Å². The number of carbonyl (C=O) groups excluding carboxylic acids is 1. The summed E-state index contributed by atoms with van der Waals surface area (Å²) in [5.41, 5.74) is 0. The number of carboxylic acid groups (broad SMARTS) is 1. The van der Waals surface area contributed by atoms with Gasteiger partial charge in [-0.05, 0) is 7.05 Å². The van der Waals surface area contributed by atoms with Crippen molar-refractivity contribution in [3.8, 4) is 0 Å². The number of amides is 1. The summed E-state index contributed by atoms with van der Waals surface area (Å²) < 4.78 is 0. The Balaban J connectivity index is 0.000001000. The Morgan fingerprint density at radius 1 is 1.27 bits per heavy atom. The molecule has 0 aliphatic carbocycles. The van der Waals surface area contributed by atoms with Crippen molar-refractivity contribution in [2.24, 2.45) is 0 Å². The average Bonchev–Trinajstić information content (AvgIpc) is 1.88. The fourth-order valence-electron chi connectivity index (χ4n) is 0.989. The van der Waals surface area contributed by atoms with E-state index in [1.807, 2.05) is 7.05 Å². The normalized spacial score (nSPS) is 19.2. The molecular weight excluding hydrogens is 171 g/mol. The predicted molar refractivity (Wildman–Crippen MR) is 34.5 cm³/mol. The van der Waals surface area contributed by atoms with Crippen molar-refractivity contribution >= 4 is 6.09 Å². The maximum absolute atomic E-state index is 10.3. The molecule has 0 N–H and O–H groups in total. The first-order valence-electron chi connectivity index (χ1n) is 3.34. The molecule has 0 aromatic heterocycles. The maximum atomic E-state index is 10.3. The summed E-state index contributed by atoms with van der Waals surface area (Å²) in [7, 11) is 1.98. The monoisotopic (exact) mass is 182 g/mol. The van der Waals surface area contributed by atoms with E-state index in [2.05, 4.69) is 4.90 Å². The largest absolute Gasteiger partial charge is 1.00 e. The Kier molecular flexibility index (Phi) is 5.93. The van der Waals surface area contributed by atoms with E-state index in [9.17, 15) is 9.90 Å². The van der Waals surface area contributed by atoms with Gasteiger partial charge in [-0.25, -0.2) is 0 Å². The molecule has 1 heterocycles. The van der Waals surface area contributed by atoms with Gasteiger partial charge in [-0.3, -0.25) is 0 Å². The van der Waals surface area contributed by atoms with E-state index >= 15 is 0 Å². The summed E-state index contributed by atoms with van der Waals surface area (Å²) >= 11 is 0. The van der Waals surface area contributed by atoms with Gasteiger partial charge < -0.3 is 19.7 Å². The van der Waals surface area contributed by atoms with Crippen LogP contribution in [-0.2, 0) is 0 Å². The average molecular weight is 182 g/mol. The van der Waals surface area contributed by atoms with Gasteiger partial charge in [0.2, 0.25) is 0 Å². The Morgan fingerprint density at radius 3 is 2.09 bits per heavy atom. The van der Waals surface area contributed by atoms with Crippen LogP contribution in [0.2, 0.25) is 0 Å². The first kappa shape index (κ1) is 11.9. The number of hydrogen-bond donors (Lipinski definition) is 0. The van der Waals surface area contributed by atoms with Crippen LogP contribution in [0, 0.1) is 0 Å². The minimum Gasteiger partial charge on any atom is -0.530 e.